The highest BCUT2D eigenvalue weighted by Crippen LogP contribution is 2.13. The molecule has 0 aliphatic carbocycles. The molecule has 0 N–H and O–H groups in total. The van der Waals surface area contributed by atoms with Crippen LogP contribution in [0, 0.1) is 5.92 Å². The summed E-state index contributed by atoms with van der Waals surface area (Å²) in [5.41, 5.74) is 0. The third-order valence-electron chi connectivity index (χ3n) is 2.52. The van der Waals surface area contributed by atoms with E-state index in [-0.39, 0.29) is 6.04 Å². The Bertz CT molecular complexity index is 150. The summed E-state index contributed by atoms with van der Waals surface area (Å²) in [6.45, 7) is 12.3. The van der Waals surface area contributed by atoms with Crippen LogP contribution in [-0.2, 0) is 4.79 Å². The summed E-state index contributed by atoms with van der Waals surface area (Å²) < 4.78 is 0. The predicted molar refractivity (Wildman–Crippen MR) is 56.8 cm³/mol. The summed E-state index contributed by atoms with van der Waals surface area (Å²) in [5, 5.41) is 0. The SMILES string of the molecule is CCC(=O)C(C(C)C)N(CC)CC. The number of rotatable bonds is 6. The molecule has 0 heterocycles. The van der Waals surface area contributed by atoms with Gasteiger partial charge in [-0.3, -0.25) is 9.69 Å². The summed E-state index contributed by atoms with van der Waals surface area (Å²) >= 11 is 0. The van der Waals surface area contributed by atoms with Gasteiger partial charge >= 0.3 is 0 Å². The van der Waals surface area contributed by atoms with Gasteiger partial charge in [0.2, 0.25) is 0 Å². The lowest BCUT2D eigenvalue weighted by Gasteiger charge is -2.31. The zero-order chi connectivity index (χ0) is 10.4. The molecule has 2 heteroatoms. The minimum atomic E-state index is 0.125. The predicted octanol–water partition coefficient (Wildman–Crippen LogP) is 2.33. The van der Waals surface area contributed by atoms with Crippen LogP contribution in [0.3, 0.4) is 0 Å². The van der Waals surface area contributed by atoms with E-state index in [1.165, 1.54) is 0 Å². The van der Waals surface area contributed by atoms with Crippen molar-refractivity contribution in [3.63, 3.8) is 0 Å². The molecule has 0 fully saturated rings. The molecule has 78 valence electrons. The number of Topliss-reactive ketones (excluding diaryl/α,β-unsaturated/α-hetero) is 1. The van der Waals surface area contributed by atoms with Crippen LogP contribution in [0.1, 0.15) is 41.0 Å². The van der Waals surface area contributed by atoms with Crippen LogP contribution < -0.4 is 0 Å². The van der Waals surface area contributed by atoms with Crippen molar-refractivity contribution in [2.45, 2.75) is 47.1 Å². The Morgan fingerprint density at radius 1 is 1.15 bits per heavy atom. The smallest absolute Gasteiger partial charge is 0.149 e. The first-order valence-corrected chi connectivity index (χ1v) is 5.35. The van der Waals surface area contributed by atoms with Crippen LogP contribution in [0.2, 0.25) is 0 Å². The van der Waals surface area contributed by atoms with Crippen molar-refractivity contribution < 1.29 is 4.79 Å². The summed E-state index contributed by atoms with van der Waals surface area (Å²) in [6, 6.07) is 0.125. The Morgan fingerprint density at radius 2 is 1.62 bits per heavy atom. The van der Waals surface area contributed by atoms with Crippen LogP contribution >= 0.6 is 0 Å². The van der Waals surface area contributed by atoms with Crippen LogP contribution in [0.15, 0.2) is 0 Å². The molecule has 0 spiro atoms. The van der Waals surface area contributed by atoms with E-state index in [4.69, 9.17) is 0 Å². The number of nitrogens with zero attached hydrogens (tertiary/aromatic N) is 1. The zero-order valence-corrected chi connectivity index (χ0v) is 9.63. The van der Waals surface area contributed by atoms with E-state index in [9.17, 15) is 4.79 Å². The molecule has 0 radical (unpaired) electrons. The molecule has 0 rings (SSSR count). The standard InChI is InChI=1S/C11H23NO/c1-6-10(13)11(9(4)5)12(7-2)8-3/h9,11H,6-8H2,1-5H3. The summed E-state index contributed by atoms with van der Waals surface area (Å²) in [7, 11) is 0. The number of hydrogen-bond acceptors (Lipinski definition) is 2. The Kier molecular flexibility index (Phi) is 5.97. The van der Waals surface area contributed by atoms with E-state index in [1.807, 2.05) is 6.92 Å². The van der Waals surface area contributed by atoms with Gasteiger partial charge in [0.05, 0.1) is 6.04 Å². The molecule has 1 atom stereocenters. The molecule has 0 aromatic rings. The largest absolute Gasteiger partial charge is 0.298 e. The third kappa shape index (κ3) is 3.47. The maximum atomic E-state index is 11.7. The van der Waals surface area contributed by atoms with Gasteiger partial charge in [0.15, 0.2) is 0 Å². The van der Waals surface area contributed by atoms with Crippen LogP contribution in [0.4, 0.5) is 0 Å². The number of likely N-dealkylation sites (N-methyl/N-ethyl adjacent to an activating group) is 1. The van der Waals surface area contributed by atoms with Gasteiger partial charge in [-0.25, -0.2) is 0 Å². The summed E-state index contributed by atoms with van der Waals surface area (Å²) in [6.07, 6.45) is 0.652. The van der Waals surface area contributed by atoms with Crippen molar-refractivity contribution in [2.75, 3.05) is 13.1 Å². The first kappa shape index (κ1) is 12.6. The summed E-state index contributed by atoms with van der Waals surface area (Å²) in [4.78, 5) is 13.9. The molecule has 0 saturated heterocycles. The lowest BCUT2D eigenvalue weighted by molar-refractivity contribution is -0.125. The maximum Gasteiger partial charge on any atom is 0.149 e. The number of hydrogen-bond donors (Lipinski definition) is 0. The van der Waals surface area contributed by atoms with Crippen molar-refractivity contribution in [2.24, 2.45) is 5.92 Å². The molecule has 0 aromatic carbocycles. The monoisotopic (exact) mass is 185 g/mol. The number of carbonyl (C=O) groups excluding carboxylic acids is 1. The Hall–Kier alpha value is -0.370. The molecule has 0 saturated carbocycles. The van der Waals surface area contributed by atoms with Gasteiger partial charge in [0.1, 0.15) is 5.78 Å². The van der Waals surface area contributed by atoms with Gasteiger partial charge in [-0.2, -0.15) is 0 Å². The quantitative estimate of drug-likeness (QED) is 0.633. The van der Waals surface area contributed by atoms with Crippen LogP contribution in [0.25, 0.3) is 0 Å². The van der Waals surface area contributed by atoms with Crippen molar-refractivity contribution in [3.05, 3.63) is 0 Å². The van der Waals surface area contributed by atoms with Crippen LogP contribution in [0.5, 0.6) is 0 Å². The van der Waals surface area contributed by atoms with Gasteiger partial charge in [0, 0.05) is 6.42 Å². The molecule has 0 aliphatic rings. The van der Waals surface area contributed by atoms with Crippen molar-refractivity contribution in [1.82, 2.24) is 4.90 Å². The third-order valence-corrected chi connectivity index (χ3v) is 2.52. The normalized spacial score (nSPS) is 13.8. The molecule has 2 nitrogen and oxygen atoms in total. The molecular weight excluding hydrogens is 162 g/mol. The van der Waals surface area contributed by atoms with Gasteiger partial charge in [-0.1, -0.05) is 34.6 Å². The zero-order valence-electron chi connectivity index (χ0n) is 9.63. The molecule has 0 amide bonds. The second-order valence-electron chi connectivity index (χ2n) is 3.73. The van der Waals surface area contributed by atoms with Crippen molar-refractivity contribution >= 4 is 5.78 Å². The van der Waals surface area contributed by atoms with E-state index in [0.717, 1.165) is 13.1 Å². The first-order chi connectivity index (χ1) is 6.08. The molecule has 1 unspecified atom stereocenters. The maximum absolute atomic E-state index is 11.7. The van der Waals surface area contributed by atoms with Crippen LogP contribution in [-0.4, -0.2) is 29.8 Å². The number of carbonyl (C=O) groups is 1. The second kappa shape index (κ2) is 6.14. The molecule has 0 aliphatic heterocycles. The highest BCUT2D eigenvalue weighted by molar-refractivity contribution is 5.83. The minimum Gasteiger partial charge on any atom is -0.298 e. The second-order valence-corrected chi connectivity index (χ2v) is 3.73. The highest BCUT2D eigenvalue weighted by atomic mass is 16.1. The topological polar surface area (TPSA) is 20.3 Å². The average Bonchev–Trinajstić information content (AvgIpc) is 2.12. The number of ketones is 1. The Morgan fingerprint density at radius 3 is 1.85 bits per heavy atom. The Balaban J connectivity index is 4.47. The highest BCUT2D eigenvalue weighted by Gasteiger charge is 2.25. The lowest BCUT2D eigenvalue weighted by Crippen LogP contribution is -2.44. The average molecular weight is 185 g/mol. The fourth-order valence-electron chi connectivity index (χ4n) is 1.82. The lowest BCUT2D eigenvalue weighted by atomic mass is 9.96. The van der Waals surface area contributed by atoms with Gasteiger partial charge in [-0.05, 0) is 19.0 Å². The van der Waals surface area contributed by atoms with E-state index in [0.29, 0.717) is 18.1 Å². The summed E-state index contributed by atoms with van der Waals surface area (Å²) in [5.74, 6) is 0.797. The van der Waals surface area contributed by atoms with E-state index < -0.39 is 0 Å². The van der Waals surface area contributed by atoms with E-state index >= 15 is 0 Å². The van der Waals surface area contributed by atoms with Gasteiger partial charge in [-0.15, -0.1) is 0 Å². The van der Waals surface area contributed by atoms with E-state index in [1.54, 1.807) is 0 Å². The molecule has 0 aromatic heterocycles. The fraction of sp³-hybridized carbons (Fsp3) is 0.909. The minimum absolute atomic E-state index is 0.125. The fourth-order valence-corrected chi connectivity index (χ4v) is 1.82. The molecule has 13 heavy (non-hydrogen) atoms. The molecule has 0 bridgehead atoms. The van der Waals surface area contributed by atoms with Gasteiger partial charge < -0.3 is 0 Å². The van der Waals surface area contributed by atoms with Crippen molar-refractivity contribution in [3.8, 4) is 0 Å². The Labute approximate surface area is 82.3 Å². The van der Waals surface area contributed by atoms with Crippen molar-refractivity contribution in [1.29, 1.82) is 0 Å². The van der Waals surface area contributed by atoms with E-state index in [2.05, 4.69) is 32.6 Å². The first-order valence-electron chi connectivity index (χ1n) is 5.35. The molecular formula is C11H23NO. The van der Waals surface area contributed by atoms with Gasteiger partial charge in [0.25, 0.3) is 0 Å².